The van der Waals surface area contributed by atoms with Gasteiger partial charge in [-0.05, 0) is 58.0 Å². The van der Waals surface area contributed by atoms with Gasteiger partial charge in [0.25, 0.3) is 0 Å². The third-order valence-corrected chi connectivity index (χ3v) is 3.20. The molecule has 0 aromatic heterocycles. The minimum absolute atomic E-state index is 0.132. The quantitative estimate of drug-likeness (QED) is 0.887. The van der Waals surface area contributed by atoms with Gasteiger partial charge in [0.05, 0.1) is 12.2 Å². The van der Waals surface area contributed by atoms with Crippen LogP contribution in [0.4, 0.5) is 0 Å². The molecule has 4 heteroatoms. The molecule has 0 saturated carbocycles. The van der Waals surface area contributed by atoms with Crippen molar-refractivity contribution in [1.29, 1.82) is 0 Å². The number of benzene rings is 1. The zero-order valence-electron chi connectivity index (χ0n) is 11.4. The first-order valence-electron chi connectivity index (χ1n) is 6.07. The molecule has 0 heterocycles. The summed E-state index contributed by atoms with van der Waals surface area (Å²) < 4.78 is 5.79. The fourth-order valence-electron chi connectivity index (χ4n) is 1.56. The lowest BCUT2D eigenvalue weighted by molar-refractivity contribution is -0.0134. The van der Waals surface area contributed by atoms with Crippen LogP contribution in [0.5, 0.6) is 0 Å². The number of hydrogen-bond acceptors (Lipinski definition) is 2. The Morgan fingerprint density at radius 1 is 1.28 bits per heavy atom. The van der Waals surface area contributed by atoms with Crippen LogP contribution in [0.2, 0.25) is 10.0 Å². The minimum atomic E-state index is -0.132. The highest BCUT2D eigenvalue weighted by Gasteiger charge is 2.15. The largest absolute Gasteiger partial charge is 0.374 e. The molecular formula is C14H21Cl2NO. The average Bonchev–Trinajstić information content (AvgIpc) is 2.27. The molecule has 2 nitrogen and oxygen atoms in total. The normalized spacial score (nSPS) is 13.7. The Morgan fingerprint density at radius 3 is 2.50 bits per heavy atom. The monoisotopic (exact) mass is 289 g/mol. The standard InChI is InChI=1S/C14H21Cl2NO/c1-14(2,3)18-9-12(17-4)8-10-7-11(15)5-6-13(10)16/h5-7,12,17H,8-9H2,1-4H3. The minimum Gasteiger partial charge on any atom is -0.374 e. The number of hydrogen-bond donors (Lipinski definition) is 1. The van der Waals surface area contributed by atoms with E-state index in [9.17, 15) is 0 Å². The molecule has 102 valence electrons. The Bertz CT molecular complexity index is 388. The van der Waals surface area contributed by atoms with Gasteiger partial charge in [0, 0.05) is 16.1 Å². The molecule has 0 aliphatic carbocycles. The summed E-state index contributed by atoms with van der Waals surface area (Å²) >= 11 is 12.1. The molecule has 1 N–H and O–H groups in total. The molecular weight excluding hydrogens is 269 g/mol. The van der Waals surface area contributed by atoms with Gasteiger partial charge in [-0.25, -0.2) is 0 Å². The molecule has 1 atom stereocenters. The second-order valence-electron chi connectivity index (χ2n) is 5.35. The van der Waals surface area contributed by atoms with Crippen molar-refractivity contribution in [3.8, 4) is 0 Å². The van der Waals surface area contributed by atoms with Crippen LogP contribution in [-0.2, 0) is 11.2 Å². The van der Waals surface area contributed by atoms with Gasteiger partial charge in [0.15, 0.2) is 0 Å². The van der Waals surface area contributed by atoms with E-state index >= 15 is 0 Å². The Balaban J connectivity index is 2.65. The molecule has 1 aromatic rings. The SMILES string of the molecule is CNC(COC(C)(C)C)Cc1cc(Cl)ccc1Cl. The highest BCUT2D eigenvalue weighted by atomic mass is 35.5. The smallest absolute Gasteiger partial charge is 0.0629 e. The maximum atomic E-state index is 6.16. The topological polar surface area (TPSA) is 21.3 Å². The fraction of sp³-hybridized carbons (Fsp3) is 0.571. The molecule has 0 spiro atoms. The van der Waals surface area contributed by atoms with Gasteiger partial charge in [0.2, 0.25) is 0 Å². The van der Waals surface area contributed by atoms with Crippen molar-refractivity contribution < 1.29 is 4.74 Å². The predicted octanol–water partition coefficient (Wildman–Crippen LogP) is 3.94. The lowest BCUT2D eigenvalue weighted by Crippen LogP contribution is -2.36. The van der Waals surface area contributed by atoms with Crippen LogP contribution >= 0.6 is 23.2 Å². The van der Waals surface area contributed by atoms with Gasteiger partial charge in [-0.15, -0.1) is 0 Å². The second kappa shape index (κ2) is 6.76. The number of ether oxygens (including phenoxy) is 1. The summed E-state index contributed by atoms with van der Waals surface area (Å²) in [4.78, 5) is 0. The van der Waals surface area contributed by atoms with E-state index in [1.54, 1.807) is 6.07 Å². The molecule has 0 saturated heterocycles. The number of nitrogens with one attached hydrogen (secondary N) is 1. The molecule has 1 aromatic carbocycles. The Morgan fingerprint density at radius 2 is 1.94 bits per heavy atom. The number of likely N-dealkylation sites (N-methyl/N-ethyl adjacent to an activating group) is 1. The maximum absolute atomic E-state index is 6.16. The first kappa shape index (κ1) is 15.8. The first-order valence-corrected chi connectivity index (χ1v) is 6.82. The van der Waals surface area contributed by atoms with E-state index in [1.165, 1.54) is 0 Å². The van der Waals surface area contributed by atoms with Crippen molar-refractivity contribution in [3.05, 3.63) is 33.8 Å². The molecule has 18 heavy (non-hydrogen) atoms. The van der Waals surface area contributed by atoms with Gasteiger partial charge in [-0.1, -0.05) is 23.2 Å². The van der Waals surface area contributed by atoms with E-state index in [1.807, 2.05) is 40.0 Å². The van der Waals surface area contributed by atoms with Gasteiger partial charge >= 0.3 is 0 Å². The van der Waals surface area contributed by atoms with Crippen LogP contribution in [-0.4, -0.2) is 25.3 Å². The summed E-state index contributed by atoms with van der Waals surface area (Å²) in [5.74, 6) is 0. The van der Waals surface area contributed by atoms with Gasteiger partial charge in [-0.2, -0.15) is 0 Å². The van der Waals surface area contributed by atoms with E-state index in [-0.39, 0.29) is 11.6 Å². The molecule has 1 rings (SSSR count). The molecule has 0 radical (unpaired) electrons. The highest BCUT2D eigenvalue weighted by molar-refractivity contribution is 6.33. The van der Waals surface area contributed by atoms with E-state index in [4.69, 9.17) is 27.9 Å². The summed E-state index contributed by atoms with van der Waals surface area (Å²) in [5.41, 5.74) is 0.911. The van der Waals surface area contributed by atoms with Crippen LogP contribution < -0.4 is 5.32 Å². The van der Waals surface area contributed by atoms with Crippen molar-refractivity contribution in [2.75, 3.05) is 13.7 Å². The van der Waals surface area contributed by atoms with E-state index in [0.717, 1.165) is 17.0 Å². The fourth-order valence-corrected chi connectivity index (χ4v) is 1.95. The van der Waals surface area contributed by atoms with E-state index in [0.29, 0.717) is 11.6 Å². The van der Waals surface area contributed by atoms with Gasteiger partial charge in [0.1, 0.15) is 0 Å². The van der Waals surface area contributed by atoms with Gasteiger partial charge < -0.3 is 10.1 Å². The van der Waals surface area contributed by atoms with Crippen molar-refractivity contribution in [1.82, 2.24) is 5.32 Å². The van der Waals surface area contributed by atoms with Crippen molar-refractivity contribution in [2.24, 2.45) is 0 Å². The zero-order chi connectivity index (χ0) is 13.8. The van der Waals surface area contributed by atoms with Crippen LogP contribution in [0.25, 0.3) is 0 Å². The predicted molar refractivity (Wildman–Crippen MR) is 78.7 cm³/mol. The molecule has 0 aliphatic heterocycles. The molecule has 0 fully saturated rings. The van der Waals surface area contributed by atoms with Crippen LogP contribution in [0.1, 0.15) is 26.3 Å². The Hall–Kier alpha value is -0.280. The Kier molecular flexibility index (Phi) is 5.93. The molecule has 0 amide bonds. The maximum Gasteiger partial charge on any atom is 0.0629 e. The third-order valence-electron chi connectivity index (χ3n) is 2.60. The van der Waals surface area contributed by atoms with Crippen molar-refractivity contribution in [3.63, 3.8) is 0 Å². The van der Waals surface area contributed by atoms with Crippen molar-refractivity contribution in [2.45, 2.75) is 38.8 Å². The molecule has 0 aliphatic rings. The lowest BCUT2D eigenvalue weighted by atomic mass is 10.1. The summed E-state index contributed by atoms with van der Waals surface area (Å²) in [5, 5.41) is 4.70. The summed E-state index contributed by atoms with van der Waals surface area (Å²) in [7, 11) is 1.93. The third kappa shape index (κ3) is 5.57. The lowest BCUT2D eigenvalue weighted by Gasteiger charge is -2.24. The number of rotatable bonds is 5. The zero-order valence-corrected chi connectivity index (χ0v) is 12.9. The average molecular weight is 290 g/mol. The van der Waals surface area contributed by atoms with Crippen LogP contribution in [0, 0.1) is 0 Å². The van der Waals surface area contributed by atoms with Crippen LogP contribution in [0.15, 0.2) is 18.2 Å². The Labute approximate surface area is 120 Å². The summed E-state index contributed by atoms with van der Waals surface area (Å²) in [6.45, 7) is 6.78. The van der Waals surface area contributed by atoms with Crippen molar-refractivity contribution >= 4 is 23.2 Å². The highest BCUT2D eigenvalue weighted by Crippen LogP contribution is 2.22. The summed E-state index contributed by atoms with van der Waals surface area (Å²) in [6.07, 6.45) is 0.798. The molecule has 1 unspecified atom stereocenters. The second-order valence-corrected chi connectivity index (χ2v) is 6.19. The molecule has 0 bridgehead atoms. The number of halogens is 2. The van der Waals surface area contributed by atoms with E-state index in [2.05, 4.69) is 5.32 Å². The van der Waals surface area contributed by atoms with E-state index < -0.39 is 0 Å². The first-order chi connectivity index (χ1) is 8.31. The summed E-state index contributed by atoms with van der Waals surface area (Å²) in [6, 6.07) is 5.76. The van der Waals surface area contributed by atoms with Crippen LogP contribution in [0.3, 0.4) is 0 Å². The van der Waals surface area contributed by atoms with Gasteiger partial charge in [-0.3, -0.25) is 0 Å².